The Morgan fingerprint density at radius 2 is 1.33 bits per heavy atom. The number of benzene rings is 3. The van der Waals surface area contributed by atoms with Gasteiger partial charge >= 0.3 is 18.1 Å². The first-order valence-corrected chi connectivity index (χ1v) is 11.3. The third kappa shape index (κ3) is 5.59. The van der Waals surface area contributed by atoms with Gasteiger partial charge in [-0.3, -0.25) is 9.59 Å². The number of hydrogen-bond acceptors (Lipinski definition) is 4. The van der Waals surface area contributed by atoms with Crippen LogP contribution in [0.25, 0.3) is 10.9 Å². The highest BCUT2D eigenvalue weighted by molar-refractivity contribution is 5.97. The van der Waals surface area contributed by atoms with Crippen molar-refractivity contribution < 1.29 is 32.2 Å². The predicted molar refractivity (Wildman–Crippen MR) is 128 cm³/mol. The third-order valence-corrected chi connectivity index (χ3v) is 5.93. The molecule has 0 radical (unpaired) electrons. The molecule has 3 aromatic carbocycles. The topological polar surface area (TPSA) is 68.4 Å². The minimum atomic E-state index is -4.94. The summed E-state index contributed by atoms with van der Waals surface area (Å²) in [4.78, 5) is 29.1. The van der Waals surface area contributed by atoms with E-state index < -0.39 is 30.0 Å². The summed E-state index contributed by atoms with van der Waals surface area (Å²) in [5.74, 6) is -7.33. The van der Waals surface area contributed by atoms with Crippen molar-refractivity contribution in [1.82, 2.24) is 4.98 Å². The highest BCUT2D eigenvalue weighted by Gasteiger charge is 2.54. The van der Waals surface area contributed by atoms with Gasteiger partial charge in [0.05, 0.1) is 0 Å². The van der Waals surface area contributed by atoms with E-state index in [9.17, 15) is 22.8 Å². The summed E-state index contributed by atoms with van der Waals surface area (Å²) < 4.78 is 54.2. The number of carbonyl (C=O) groups excluding carboxylic acids is 2. The summed E-state index contributed by atoms with van der Waals surface area (Å²) >= 11 is 0. The van der Waals surface area contributed by atoms with Crippen molar-refractivity contribution in [2.45, 2.75) is 32.2 Å². The van der Waals surface area contributed by atoms with Crippen LogP contribution in [0, 0.1) is 12.8 Å². The van der Waals surface area contributed by atoms with Gasteiger partial charge in [-0.1, -0.05) is 78.9 Å². The number of fused-ring (bicyclic) bond motifs is 1. The van der Waals surface area contributed by atoms with Crippen LogP contribution in [-0.4, -0.2) is 23.1 Å². The van der Waals surface area contributed by atoms with Crippen molar-refractivity contribution in [3.05, 3.63) is 107 Å². The van der Waals surface area contributed by atoms with Crippen LogP contribution in [0.4, 0.5) is 13.2 Å². The second kappa shape index (κ2) is 10.7. The summed E-state index contributed by atoms with van der Waals surface area (Å²) in [7, 11) is 0. The lowest BCUT2D eigenvalue weighted by atomic mass is 9.84. The van der Waals surface area contributed by atoms with E-state index in [1.165, 1.54) is 12.3 Å². The van der Waals surface area contributed by atoms with Crippen LogP contribution in [0.1, 0.15) is 28.2 Å². The molecule has 4 aromatic rings. The van der Waals surface area contributed by atoms with Gasteiger partial charge in [0.2, 0.25) is 0 Å². The molecule has 0 saturated heterocycles. The minimum absolute atomic E-state index is 0.223. The number of esters is 2. The fourth-order valence-electron chi connectivity index (χ4n) is 4.14. The van der Waals surface area contributed by atoms with E-state index in [0.29, 0.717) is 16.6 Å². The van der Waals surface area contributed by atoms with Crippen LogP contribution in [0.15, 0.2) is 85.1 Å². The number of ether oxygens (including phenoxy) is 2. The molecular formula is C28H24F3NO4. The first-order chi connectivity index (χ1) is 17.3. The number of halogens is 3. The lowest BCUT2D eigenvalue weighted by Crippen LogP contribution is -2.40. The molecule has 0 aliphatic carbocycles. The number of rotatable bonds is 8. The molecule has 1 heterocycles. The molecule has 0 aliphatic heterocycles. The molecular weight excluding hydrogens is 471 g/mol. The van der Waals surface area contributed by atoms with E-state index in [-0.39, 0.29) is 24.2 Å². The monoisotopic (exact) mass is 495 g/mol. The maximum atomic E-state index is 14.6. The van der Waals surface area contributed by atoms with Crippen LogP contribution >= 0.6 is 0 Å². The van der Waals surface area contributed by atoms with Crippen LogP contribution in [-0.2, 0) is 32.3 Å². The van der Waals surface area contributed by atoms with Gasteiger partial charge in [-0.15, -0.1) is 0 Å². The van der Waals surface area contributed by atoms with E-state index in [2.05, 4.69) is 4.98 Å². The Kier molecular flexibility index (Phi) is 7.43. The summed E-state index contributed by atoms with van der Waals surface area (Å²) in [6.07, 6.45) is -3.75. The zero-order valence-corrected chi connectivity index (χ0v) is 19.4. The maximum absolute atomic E-state index is 14.6. The fraction of sp³-hybridized carbons (Fsp3) is 0.214. The van der Waals surface area contributed by atoms with Crippen molar-refractivity contribution in [2.75, 3.05) is 0 Å². The number of aromatic amines is 1. The van der Waals surface area contributed by atoms with Crippen molar-refractivity contribution in [3.8, 4) is 0 Å². The Labute approximate surface area is 205 Å². The average molecular weight is 495 g/mol. The van der Waals surface area contributed by atoms with Gasteiger partial charge in [-0.25, -0.2) is 0 Å². The normalized spacial score (nSPS) is 12.5. The van der Waals surface area contributed by atoms with Gasteiger partial charge < -0.3 is 14.5 Å². The van der Waals surface area contributed by atoms with E-state index >= 15 is 0 Å². The molecule has 0 saturated carbocycles. The first kappa shape index (κ1) is 25.0. The Bertz CT molecular complexity index is 1280. The second-order valence-corrected chi connectivity index (χ2v) is 8.43. The van der Waals surface area contributed by atoms with Gasteiger partial charge in [0.15, 0.2) is 5.92 Å². The molecule has 0 amide bonds. The molecule has 1 aromatic heterocycles. The third-order valence-electron chi connectivity index (χ3n) is 5.93. The van der Waals surface area contributed by atoms with Gasteiger partial charge in [-0.05, 0) is 29.2 Å². The fourth-order valence-corrected chi connectivity index (χ4v) is 4.14. The van der Waals surface area contributed by atoms with Gasteiger partial charge in [0, 0.05) is 17.1 Å². The molecule has 1 atom stereocenters. The number of nitrogens with one attached hydrogen (secondary N) is 1. The Morgan fingerprint density at radius 1 is 0.806 bits per heavy atom. The molecule has 4 rings (SSSR count). The number of aromatic nitrogens is 1. The van der Waals surface area contributed by atoms with Crippen LogP contribution in [0.2, 0.25) is 0 Å². The maximum Gasteiger partial charge on any atom is 0.397 e. The number of hydrogen-bond donors (Lipinski definition) is 1. The Hall–Kier alpha value is -4.07. The molecule has 186 valence electrons. The van der Waals surface area contributed by atoms with E-state index in [1.54, 1.807) is 79.7 Å². The van der Waals surface area contributed by atoms with E-state index in [1.807, 2.05) is 0 Å². The van der Waals surface area contributed by atoms with Crippen LogP contribution in [0.3, 0.4) is 0 Å². The molecule has 1 N–H and O–H groups in total. The SMILES string of the molecule is Cc1cccc2c([C@@H](C(C(=O)OCc3ccccc3)C(=O)OCc3ccccc3)C(F)(F)F)c[nH]c12. The zero-order chi connectivity index (χ0) is 25.7. The zero-order valence-electron chi connectivity index (χ0n) is 19.4. The molecule has 0 fully saturated rings. The smallest absolute Gasteiger partial charge is 0.397 e. The number of carbonyl (C=O) groups is 2. The van der Waals surface area contributed by atoms with Crippen molar-refractivity contribution >= 4 is 22.8 Å². The summed E-state index contributed by atoms with van der Waals surface area (Å²) in [5.41, 5.74) is 2.16. The average Bonchev–Trinajstić information content (AvgIpc) is 3.29. The van der Waals surface area contributed by atoms with Gasteiger partial charge in [-0.2, -0.15) is 13.2 Å². The standard InChI is InChI=1S/C28H24F3NO4/c1-18-9-8-14-21-22(15-32-25(18)21)24(28(29,30)31)23(26(33)35-16-19-10-4-2-5-11-19)27(34)36-17-20-12-6-3-7-13-20/h2-15,23-24,32H,16-17H2,1H3/t24-/m0/s1. The number of para-hydroxylation sites is 1. The first-order valence-electron chi connectivity index (χ1n) is 11.3. The van der Waals surface area contributed by atoms with E-state index in [4.69, 9.17) is 9.47 Å². The quantitative estimate of drug-likeness (QED) is 0.233. The van der Waals surface area contributed by atoms with Crippen molar-refractivity contribution in [3.63, 3.8) is 0 Å². The second-order valence-electron chi connectivity index (χ2n) is 8.43. The molecule has 0 unspecified atom stereocenters. The number of alkyl halides is 3. The lowest BCUT2D eigenvalue weighted by Gasteiger charge is -2.26. The predicted octanol–water partition coefficient (Wildman–Crippen LogP) is 6.23. The molecule has 0 spiro atoms. The summed E-state index contributed by atoms with van der Waals surface area (Å²) in [5, 5.41) is 0.272. The molecule has 0 aliphatic rings. The van der Waals surface area contributed by atoms with E-state index in [0.717, 1.165) is 5.56 Å². The number of H-pyrrole nitrogens is 1. The molecule has 36 heavy (non-hydrogen) atoms. The van der Waals surface area contributed by atoms with Crippen LogP contribution in [0.5, 0.6) is 0 Å². The summed E-state index contributed by atoms with van der Waals surface area (Å²) in [6, 6.07) is 21.9. The van der Waals surface area contributed by atoms with Crippen molar-refractivity contribution in [1.29, 1.82) is 0 Å². The number of aryl methyl sites for hydroxylation is 1. The van der Waals surface area contributed by atoms with Gasteiger partial charge in [0.1, 0.15) is 19.1 Å². The molecule has 8 heteroatoms. The highest BCUT2D eigenvalue weighted by atomic mass is 19.4. The highest BCUT2D eigenvalue weighted by Crippen LogP contribution is 2.44. The minimum Gasteiger partial charge on any atom is -0.460 e. The largest absolute Gasteiger partial charge is 0.460 e. The van der Waals surface area contributed by atoms with Crippen molar-refractivity contribution in [2.24, 2.45) is 5.92 Å². The molecule has 0 bridgehead atoms. The summed E-state index contributed by atoms with van der Waals surface area (Å²) in [6.45, 7) is 1.20. The Morgan fingerprint density at radius 3 is 1.83 bits per heavy atom. The Balaban J connectivity index is 1.70. The molecule has 5 nitrogen and oxygen atoms in total. The lowest BCUT2D eigenvalue weighted by molar-refractivity contribution is -0.190. The van der Waals surface area contributed by atoms with Gasteiger partial charge in [0.25, 0.3) is 0 Å². The van der Waals surface area contributed by atoms with Crippen LogP contribution < -0.4 is 0 Å².